The smallest absolute Gasteiger partial charge is 0.221 e. The fourth-order valence-electron chi connectivity index (χ4n) is 1.69. The van der Waals surface area contributed by atoms with Crippen molar-refractivity contribution < 1.29 is 4.79 Å². The number of thiocarbonyl (C=S) groups is 1. The second-order valence-electron chi connectivity index (χ2n) is 4.01. The molecule has 0 unspecified atom stereocenters. The molecular formula is C13H19N3OS. The van der Waals surface area contributed by atoms with Crippen LogP contribution in [-0.2, 0) is 4.79 Å². The Morgan fingerprint density at radius 2 is 2.11 bits per heavy atom. The van der Waals surface area contributed by atoms with Crippen molar-refractivity contribution >= 4 is 28.8 Å². The normalized spacial score (nSPS) is 9.89. The summed E-state index contributed by atoms with van der Waals surface area (Å²) < 4.78 is 0. The maximum absolute atomic E-state index is 11.4. The van der Waals surface area contributed by atoms with Crippen LogP contribution in [0.1, 0.15) is 18.9 Å². The Morgan fingerprint density at radius 1 is 1.44 bits per heavy atom. The van der Waals surface area contributed by atoms with E-state index in [-0.39, 0.29) is 5.91 Å². The summed E-state index contributed by atoms with van der Waals surface area (Å²) in [5, 5.41) is 2.77. The molecule has 0 aliphatic carbocycles. The topological polar surface area (TPSA) is 58.4 Å². The number of hydrogen-bond donors (Lipinski definition) is 2. The molecule has 1 aromatic carbocycles. The first kappa shape index (κ1) is 14.4. The van der Waals surface area contributed by atoms with E-state index < -0.39 is 0 Å². The first-order valence-electron chi connectivity index (χ1n) is 5.93. The Balaban J connectivity index is 2.69. The van der Waals surface area contributed by atoms with Crippen LogP contribution in [0.2, 0.25) is 0 Å². The van der Waals surface area contributed by atoms with E-state index in [1.165, 1.54) is 0 Å². The highest BCUT2D eigenvalue weighted by Crippen LogP contribution is 2.19. The van der Waals surface area contributed by atoms with E-state index >= 15 is 0 Å². The van der Waals surface area contributed by atoms with Crippen molar-refractivity contribution in [3.63, 3.8) is 0 Å². The molecule has 4 nitrogen and oxygen atoms in total. The number of rotatable bonds is 6. The predicted octanol–water partition coefficient (Wildman–Crippen LogP) is 1.28. The molecule has 98 valence electrons. The zero-order valence-corrected chi connectivity index (χ0v) is 11.6. The van der Waals surface area contributed by atoms with Crippen LogP contribution in [-0.4, -0.2) is 31.0 Å². The first-order valence-corrected chi connectivity index (χ1v) is 6.33. The molecule has 18 heavy (non-hydrogen) atoms. The number of carbonyl (C=O) groups excluding carboxylic acids is 1. The quantitative estimate of drug-likeness (QED) is 0.761. The standard InChI is InChI=1S/C13H19N3OS/c1-3-15-12(17)8-9-16(2)11-7-5-4-6-10(11)13(14)18/h4-7H,3,8-9H2,1-2H3,(H2,14,18)(H,15,17). The van der Waals surface area contributed by atoms with Gasteiger partial charge in [0, 0.05) is 37.8 Å². The van der Waals surface area contributed by atoms with Gasteiger partial charge in [0.25, 0.3) is 0 Å². The van der Waals surface area contributed by atoms with E-state index in [0.29, 0.717) is 24.5 Å². The summed E-state index contributed by atoms with van der Waals surface area (Å²) in [7, 11) is 1.93. The van der Waals surface area contributed by atoms with Gasteiger partial charge in [-0.05, 0) is 19.1 Å². The van der Waals surface area contributed by atoms with Gasteiger partial charge in [0.15, 0.2) is 0 Å². The molecule has 0 saturated heterocycles. The zero-order valence-electron chi connectivity index (χ0n) is 10.8. The van der Waals surface area contributed by atoms with Gasteiger partial charge in [-0.2, -0.15) is 0 Å². The Bertz CT molecular complexity index is 434. The molecule has 0 radical (unpaired) electrons. The van der Waals surface area contributed by atoms with Crippen LogP contribution in [0.25, 0.3) is 0 Å². The molecule has 5 heteroatoms. The van der Waals surface area contributed by atoms with Gasteiger partial charge in [-0.1, -0.05) is 24.4 Å². The molecule has 0 atom stereocenters. The zero-order chi connectivity index (χ0) is 13.5. The lowest BCUT2D eigenvalue weighted by Crippen LogP contribution is -2.29. The summed E-state index contributed by atoms with van der Waals surface area (Å²) in [6.07, 6.45) is 0.454. The highest BCUT2D eigenvalue weighted by Gasteiger charge is 2.10. The summed E-state index contributed by atoms with van der Waals surface area (Å²) in [4.78, 5) is 13.8. The van der Waals surface area contributed by atoms with Crippen molar-refractivity contribution in [3.8, 4) is 0 Å². The second-order valence-corrected chi connectivity index (χ2v) is 4.45. The lowest BCUT2D eigenvalue weighted by atomic mass is 10.1. The Morgan fingerprint density at radius 3 is 2.72 bits per heavy atom. The third kappa shape index (κ3) is 4.00. The van der Waals surface area contributed by atoms with Gasteiger partial charge in [0.2, 0.25) is 5.91 Å². The molecule has 3 N–H and O–H groups in total. The second kappa shape index (κ2) is 6.96. The predicted molar refractivity (Wildman–Crippen MR) is 78.9 cm³/mol. The van der Waals surface area contributed by atoms with Gasteiger partial charge in [-0.3, -0.25) is 4.79 Å². The van der Waals surface area contributed by atoms with Crippen LogP contribution in [0.4, 0.5) is 5.69 Å². The number of anilines is 1. The van der Waals surface area contributed by atoms with E-state index in [0.717, 1.165) is 11.3 Å². The Labute approximate surface area is 113 Å². The van der Waals surface area contributed by atoms with Crippen molar-refractivity contribution in [2.75, 3.05) is 25.0 Å². The molecule has 0 heterocycles. The summed E-state index contributed by atoms with van der Waals surface area (Å²) in [5.41, 5.74) is 7.47. The minimum atomic E-state index is 0.0529. The van der Waals surface area contributed by atoms with Gasteiger partial charge in [0.05, 0.1) is 0 Å². The van der Waals surface area contributed by atoms with E-state index in [9.17, 15) is 4.79 Å². The molecule has 1 aromatic rings. The Kier molecular flexibility index (Phi) is 5.58. The summed E-state index contributed by atoms with van der Waals surface area (Å²) in [5.74, 6) is 0.0529. The minimum Gasteiger partial charge on any atom is -0.389 e. The molecule has 1 rings (SSSR count). The largest absolute Gasteiger partial charge is 0.389 e. The van der Waals surface area contributed by atoms with Gasteiger partial charge in [-0.15, -0.1) is 0 Å². The minimum absolute atomic E-state index is 0.0529. The molecule has 1 amide bonds. The van der Waals surface area contributed by atoms with Crippen molar-refractivity contribution in [3.05, 3.63) is 29.8 Å². The van der Waals surface area contributed by atoms with Crippen LogP contribution >= 0.6 is 12.2 Å². The number of nitrogens with one attached hydrogen (secondary N) is 1. The maximum atomic E-state index is 11.4. The number of nitrogens with zero attached hydrogens (tertiary/aromatic N) is 1. The molecule has 0 aliphatic rings. The average Bonchev–Trinajstić information content (AvgIpc) is 2.36. The number of hydrogen-bond acceptors (Lipinski definition) is 3. The summed E-state index contributed by atoms with van der Waals surface area (Å²) >= 11 is 5.02. The number of nitrogens with two attached hydrogens (primary N) is 1. The lowest BCUT2D eigenvalue weighted by molar-refractivity contribution is -0.120. The highest BCUT2D eigenvalue weighted by molar-refractivity contribution is 7.80. The molecular weight excluding hydrogens is 246 g/mol. The van der Waals surface area contributed by atoms with Crippen molar-refractivity contribution in [2.45, 2.75) is 13.3 Å². The molecule has 0 saturated carbocycles. The fourth-order valence-corrected chi connectivity index (χ4v) is 1.86. The number of carbonyl (C=O) groups is 1. The van der Waals surface area contributed by atoms with Gasteiger partial charge in [-0.25, -0.2) is 0 Å². The van der Waals surface area contributed by atoms with Crippen LogP contribution in [0, 0.1) is 0 Å². The third-order valence-corrected chi connectivity index (χ3v) is 2.85. The monoisotopic (exact) mass is 265 g/mol. The molecule has 0 aliphatic heterocycles. The summed E-state index contributed by atoms with van der Waals surface area (Å²) in [6.45, 7) is 3.20. The van der Waals surface area contributed by atoms with Gasteiger partial charge in [0.1, 0.15) is 4.99 Å². The molecule has 0 spiro atoms. The lowest BCUT2D eigenvalue weighted by Gasteiger charge is -2.21. The third-order valence-electron chi connectivity index (χ3n) is 2.63. The van der Waals surface area contributed by atoms with Crippen molar-refractivity contribution in [2.24, 2.45) is 5.73 Å². The van der Waals surface area contributed by atoms with Crippen molar-refractivity contribution in [1.82, 2.24) is 5.32 Å². The molecule has 0 fully saturated rings. The number of para-hydroxylation sites is 1. The van der Waals surface area contributed by atoms with Crippen LogP contribution < -0.4 is 16.0 Å². The van der Waals surface area contributed by atoms with E-state index in [4.69, 9.17) is 18.0 Å². The Hall–Kier alpha value is -1.62. The maximum Gasteiger partial charge on any atom is 0.221 e. The van der Waals surface area contributed by atoms with Crippen molar-refractivity contribution in [1.29, 1.82) is 0 Å². The van der Waals surface area contributed by atoms with E-state index in [1.54, 1.807) is 0 Å². The van der Waals surface area contributed by atoms with Gasteiger partial charge >= 0.3 is 0 Å². The first-order chi connectivity index (χ1) is 8.56. The van der Waals surface area contributed by atoms with Crippen LogP contribution in [0.5, 0.6) is 0 Å². The molecule has 0 bridgehead atoms. The van der Waals surface area contributed by atoms with Crippen LogP contribution in [0.15, 0.2) is 24.3 Å². The summed E-state index contributed by atoms with van der Waals surface area (Å²) in [6, 6.07) is 7.67. The van der Waals surface area contributed by atoms with Gasteiger partial charge < -0.3 is 16.0 Å². The van der Waals surface area contributed by atoms with E-state index in [2.05, 4.69) is 5.32 Å². The highest BCUT2D eigenvalue weighted by atomic mass is 32.1. The fraction of sp³-hybridized carbons (Fsp3) is 0.385. The number of amides is 1. The average molecular weight is 265 g/mol. The SMILES string of the molecule is CCNC(=O)CCN(C)c1ccccc1C(N)=S. The molecule has 0 aromatic heterocycles. The number of benzene rings is 1. The van der Waals surface area contributed by atoms with Crippen LogP contribution in [0.3, 0.4) is 0 Å². The van der Waals surface area contributed by atoms with E-state index in [1.807, 2.05) is 43.1 Å².